The van der Waals surface area contributed by atoms with Gasteiger partial charge in [0, 0.05) is 36.6 Å². The molecule has 1 heterocycles. The molecule has 4 heteroatoms. The molecule has 0 N–H and O–H groups in total. The molecule has 0 aliphatic carbocycles. The SMILES string of the molecule is C=CC(=O)Oc1ccccc1C(Br)CCCc1cc2ccccc2c2c1sc1ccc3ccccc3c12. The zero-order valence-electron chi connectivity index (χ0n) is 20.2. The Hall–Kier alpha value is -3.47. The highest BCUT2D eigenvalue weighted by atomic mass is 79.9. The molecule has 0 saturated heterocycles. The number of alkyl halides is 1. The fourth-order valence-electron chi connectivity index (χ4n) is 5.25. The number of carbonyl (C=O) groups is 1. The van der Waals surface area contributed by atoms with E-state index in [-0.39, 0.29) is 4.83 Å². The predicted molar refractivity (Wildman–Crippen MR) is 161 cm³/mol. The lowest BCUT2D eigenvalue weighted by molar-refractivity contribution is -0.129. The average molecular weight is 566 g/mol. The Morgan fingerprint density at radius 3 is 2.41 bits per heavy atom. The Balaban J connectivity index is 1.36. The first-order valence-electron chi connectivity index (χ1n) is 12.5. The molecular weight excluding hydrogens is 540 g/mol. The summed E-state index contributed by atoms with van der Waals surface area (Å²) in [5.74, 6) is 0.141. The summed E-state index contributed by atoms with van der Waals surface area (Å²) < 4.78 is 8.19. The van der Waals surface area contributed by atoms with E-state index in [4.69, 9.17) is 4.74 Å². The maximum Gasteiger partial charge on any atom is 0.335 e. The monoisotopic (exact) mass is 564 g/mol. The minimum absolute atomic E-state index is 0.0867. The summed E-state index contributed by atoms with van der Waals surface area (Å²) in [6.07, 6.45) is 4.09. The summed E-state index contributed by atoms with van der Waals surface area (Å²) in [7, 11) is 0. The van der Waals surface area contributed by atoms with Gasteiger partial charge < -0.3 is 4.74 Å². The Labute approximate surface area is 228 Å². The van der Waals surface area contributed by atoms with Crippen LogP contribution >= 0.6 is 27.3 Å². The second-order valence-corrected chi connectivity index (χ2v) is 11.4. The number of fused-ring (bicyclic) bond motifs is 7. The predicted octanol–water partition coefficient (Wildman–Crippen LogP) is 9.91. The molecule has 182 valence electrons. The summed E-state index contributed by atoms with van der Waals surface area (Å²) >= 11 is 5.76. The number of rotatable bonds is 7. The van der Waals surface area contributed by atoms with Gasteiger partial charge in [-0.1, -0.05) is 95.3 Å². The van der Waals surface area contributed by atoms with Gasteiger partial charge in [-0.25, -0.2) is 4.79 Å². The largest absolute Gasteiger partial charge is 0.423 e. The highest BCUT2D eigenvalue weighted by molar-refractivity contribution is 9.09. The number of hydrogen-bond donors (Lipinski definition) is 0. The number of halogens is 1. The van der Waals surface area contributed by atoms with Gasteiger partial charge in [0.2, 0.25) is 0 Å². The number of aryl methyl sites for hydroxylation is 1. The van der Waals surface area contributed by atoms with Gasteiger partial charge in [0.15, 0.2) is 0 Å². The molecule has 6 rings (SSSR count). The molecule has 0 amide bonds. The summed E-state index contributed by atoms with van der Waals surface area (Å²) in [5, 5.41) is 7.95. The summed E-state index contributed by atoms with van der Waals surface area (Å²) in [6, 6.07) is 32.0. The van der Waals surface area contributed by atoms with Crippen LogP contribution < -0.4 is 4.74 Å². The molecule has 0 aliphatic rings. The lowest BCUT2D eigenvalue weighted by Gasteiger charge is -2.15. The van der Waals surface area contributed by atoms with Crippen molar-refractivity contribution in [3.8, 4) is 5.75 Å². The van der Waals surface area contributed by atoms with Crippen LogP contribution in [0.3, 0.4) is 0 Å². The van der Waals surface area contributed by atoms with Crippen LogP contribution in [0.15, 0.2) is 104 Å². The van der Waals surface area contributed by atoms with Crippen LogP contribution in [-0.2, 0) is 11.2 Å². The summed E-state index contributed by atoms with van der Waals surface area (Å²) in [5.41, 5.74) is 2.37. The Kier molecular flexibility index (Phi) is 6.54. The third-order valence-electron chi connectivity index (χ3n) is 6.97. The lowest BCUT2D eigenvalue weighted by Crippen LogP contribution is -2.06. The van der Waals surface area contributed by atoms with Gasteiger partial charge in [0.25, 0.3) is 0 Å². The van der Waals surface area contributed by atoms with Gasteiger partial charge in [-0.2, -0.15) is 0 Å². The quantitative estimate of drug-likeness (QED) is 0.0834. The van der Waals surface area contributed by atoms with Gasteiger partial charge in [0.05, 0.1) is 0 Å². The van der Waals surface area contributed by atoms with E-state index in [0.29, 0.717) is 5.75 Å². The van der Waals surface area contributed by atoms with E-state index in [9.17, 15) is 4.79 Å². The Morgan fingerprint density at radius 2 is 1.59 bits per heavy atom. The lowest BCUT2D eigenvalue weighted by atomic mass is 9.95. The first kappa shape index (κ1) is 23.9. The highest BCUT2D eigenvalue weighted by Gasteiger charge is 2.17. The van der Waals surface area contributed by atoms with Crippen molar-refractivity contribution < 1.29 is 9.53 Å². The number of thiophene rings is 1. The van der Waals surface area contributed by atoms with Gasteiger partial charge in [-0.15, -0.1) is 11.3 Å². The number of carbonyl (C=O) groups excluding carboxylic acids is 1. The van der Waals surface area contributed by atoms with Crippen LogP contribution in [0.2, 0.25) is 0 Å². The maximum absolute atomic E-state index is 11.8. The molecule has 0 spiro atoms. The van der Waals surface area contributed by atoms with Crippen molar-refractivity contribution in [2.45, 2.75) is 24.1 Å². The van der Waals surface area contributed by atoms with E-state index in [1.54, 1.807) is 0 Å². The molecule has 0 saturated carbocycles. The van der Waals surface area contributed by atoms with Crippen molar-refractivity contribution >= 4 is 75.0 Å². The third-order valence-corrected chi connectivity index (χ3v) is 9.15. The molecular formula is C33H25BrO2S. The van der Waals surface area contributed by atoms with Crippen LogP contribution in [0.4, 0.5) is 0 Å². The second kappa shape index (κ2) is 10.1. The average Bonchev–Trinajstić information content (AvgIpc) is 3.34. The third kappa shape index (κ3) is 4.45. The Bertz CT molecular complexity index is 1800. The minimum atomic E-state index is -0.442. The van der Waals surface area contributed by atoms with E-state index in [2.05, 4.69) is 89.2 Å². The van der Waals surface area contributed by atoms with Crippen molar-refractivity contribution in [3.05, 3.63) is 115 Å². The van der Waals surface area contributed by atoms with Crippen LogP contribution in [0.1, 0.15) is 28.8 Å². The number of ether oxygens (including phenoxy) is 1. The van der Waals surface area contributed by atoms with Gasteiger partial charge in [-0.05, 0) is 64.6 Å². The first-order chi connectivity index (χ1) is 18.1. The first-order valence-corrected chi connectivity index (χ1v) is 14.2. The Morgan fingerprint density at radius 1 is 0.892 bits per heavy atom. The van der Waals surface area contributed by atoms with Crippen molar-refractivity contribution in [2.24, 2.45) is 0 Å². The number of hydrogen-bond acceptors (Lipinski definition) is 3. The zero-order valence-corrected chi connectivity index (χ0v) is 22.6. The van der Waals surface area contributed by atoms with E-state index in [1.165, 1.54) is 53.4 Å². The minimum Gasteiger partial charge on any atom is -0.423 e. The van der Waals surface area contributed by atoms with Crippen LogP contribution in [0, 0.1) is 0 Å². The van der Waals surface area contributed by atoms with Gasteiger partial charge >= 0.3 is 5.97 Å². The molecule has 6 aromatic rings. The molecule has 2 nitrogen and oxygen atoms in total. The fourth-order valence-corrected chi connectivity index (χ4v) is 7.23. The normalized spacial score (nSPS) is 12.4. The maximum atomic E-state index is 11.8. The number of para-hydroxylation sites is 1. The van der Waals surface area contributed by atoms with Crippen LogP contribution in [0.5, 0.6) is 5.75 Å². The molecule has 0 fully saturated rings. The van der Waals surface area contributed by atoms with Gasteiger partial charge in [-0.3, -0.25) is 0 Å². The molecule has 0 bridgehead atoms. The number of benzene rings is 5. The zero-order chi connectivity index (χ0) is 25.4. The van der Waals surface area contributed by atoms with Crippen LogP contribution in [0.25, 0.3) is 41.7 Å². The molecule has 0 aliphatic heterocycles. The van der Waals surface area contributed by atoms with E-state index in [0.717, 1.165) is 24.8 Å². The molecule has 1 atom stereocenters. The molecule has 5 aromatic carbocycles. The topological polar surface area (TPSA) is 26.3 Å². The molecule has 37 heavy (non-hydrogen) atoms. The summed E-state index contributed by atoms with van der Waals surface area (Å²) in [4.78, 5) is 11.9. The van der Waals surface area contributed by atoms with Crippen molar-refractivity contribution in [1.29, 1.82) is 0 Å². The standard InChI is InChI=1S/C33H25BrO2S/c1-2-30(35)36-28-17-8-7-15-26(28)27(34)16-9-12-23-20-22-11-4-6-14-25(22)32-31-24-13-5-3-10-21(24)18-19-29(31)37-33(23)32/h2-8,10-11,13-15,17-20,27H,1,9,12,16H2. The highest BCUT2D eigenvalue weighted by Crippen LogP contribution is 2.44. The van der Waals surface area contributed by atoms with Crippen molar-refractivity contribution in [2.75, 3.05) is 0 Å². The van der Waals surface area contributed by atoms with E-state index < -0.39 is 5.97 Å². The van der Waals surface area contributed by atoms with E-state index in [1.807, 2.05) is 35.6 Å². The molecule has 1 aromatic heterocycles. The number of esters is 1. The molecule has 1 unspecified atom stereocenters. The van der Waals surface area contributed by atoms with Crippen molar-refractivity contribution in [1.82, 2.24) is 0 Å². The van der Waals surface area contributed by atoms with Gasteiger partial charge in [0.1, 0.15) is 5.75 Å². The second-order valence-electron chi connectivity index (χ2n) is 9.25. The van der Waals surface area contributed by atoms with Crippen molar-refractivity contribution in [3.63, 3.8) is 0 Å². The summed E-state index contributed by atoms with van der Waals surface area (Å²) in [6.45, 7) is 3.51. The fraction of sp³-hybridized carbons (Fsp3) is 0.121. The van der Waals surface area contributed by atoms with Crippen LogP contribution in [-0.4, -0.2) is 5.97 Å². The molecule has 0 radical (unpaired) electrons. The van der Waals surface area contributed by atoms with E-state index >= 15 is 0 Å². The smallest absolute Gasteiger partial charge is 0.335 e.